The van der Waals surface area contributed by atoms with Gasteiger partial charge in [0.1, 0.15) is 0 Å². The fourth-order valence-corrected chi connectivity index (χ4v) is 2.45. The number of carbonyl (C=O) groups is 1. The fourth-order valence-electron chi connectivity index (χ4n) is 1.87. The van der Waals surface area contributed by atoms with Crippen LogP contribution in [0.5, 0.6) is 0 Å². The monoisotopic (exact) mass is 284 g/mol. The molecular formula is C12H13BrO3. The van der Waals surface area contributed by atoms with Crippen LogP contribution in [-0.2, 0) is 20.7 Å². The third kappa shape index (κ3) is 2.13. The molecule has 0 saturated carbocycles. The maximum Gasteiger partial charge on any atom is 0.339 e. The molecule has 1 atom stereocenters. The molecule has 1 heterocycles. The van der Waals surface area contributed by atoms with Crippen LogP contribution in [0.1, 0.15) is 24.2 Å². The van der Waals surface area contributed by atoms with Gasteiger partial charge in [-0.3, -0.25) is 0 Å². The molecule has 0 aliphatic carbocycles. The summed E-state index contributed by atoms with van der Waals surface area (Å²) in [5.74, 6) is -0.304. The molecule has 0 radical (unpaired) electrons. The van der Waals surface area contributed by atoms with Crippen LogP contribution in [0, 0.1) is 0 Å². The summed E-state index contributed by atoms with van der Waals surface area (Å²) in [5, 5.41) is 0. The molecule has 0 saturated heterocycles. The molecule has 3 nitrogen and oxygen atoms in total. The van der Waals surface area contributed by atoms with Crippen molar-refractivity contribution in [1.29, 1.82) is 0 Å². The molecule has 0 spiro atoms. The maximum absolute atomic E-state index is 11.7. The lowest BCUT2D eigenvalue weighted by Gasteiger charge is -2.25. The summed E-state index contributed by atoms with van der Waals surface area (Å²) in [6.07, 6.45) is 0.258. The third-order valence-corrected chi connectivity index (χ3v) is 3.32. The van der Waals surface area contributed by atoms with E-state index in [1.165, 1.54) is 0 Å². The van der Waals surface area contributed by atoms with E-state index in [9.17, 15) is 4.79 Å². The molecule has 0 N–H and O–H groups in total. The average Bonchev–Trinajstić information content (AvgIpc) is 2.29. The van der Waals surface area contributed by atoms with Gasteiger partial charge in [0.05, 0.1) is 13.2 Å². The van der Waals surface area contributed by atoms with E-state index >= 15 is 0 Å². The van der Waals surface area contributed by atoms with E-state index in [4.69, 9.17) is 9.47 Å². The van der Waals surface area contributed by atoms with E-state index in [-0.39, 0.29) is 5.97 Å². The minimum Gasteiger partial charge on any atom is -0.464 e. The van der Waals surface area contributed by atoms with Crippen LogP contribution < -0.4 is 0 Å². The van der Waals surface area contributed by atoms with Gasteiger partial charge < -0.3 is 9.47 Å². The Balaban J connectivity index is 2.33. The first kappa shape index (κ1) is 11.6. The van der Waals surface area contributed by atoms with Crippen LogP contribution in [0.15, 0.2) is 22.7 Å². The van der Waals surface area contributed by atoms with E-state index in [0.29, 0.717) is 13.2 Å². The first-order valence-electron chi connectivity index (χ1n) is 5.29. The Kier molecular flexibility index (Phi) is 3.61. The Morgan fingerprint density at radius 3 is 3.19 bits per heavy atom. The number of esters is 1. The summed E-state index contributed by atoms with van der Waals surface area (Å²) in [5.41, 5.74) is 2.06. The van der Waals surface area contributed by atoms with Gasteiger partial charge in [0.25, 0.3) is 0 Å². The minimum atomic E-state index is -0.568. The van der Waals surface area contributed by atoms with E-state index in [1.54, 1.807) is 6.92 Å². The Hall–Kier alpha value is -0.870. The van der Waals surface area contributed by atoms with Crippen LogP contribution in [0.4, 0.5) is 0 Å². The van der Waals surface area contributed by atoms with Crippen molar-refractivity contribution >= 4 is 21.9 Å². The maximum atomic E-state index is 11.7. The van der Waals surface area contributed by atoms with Crippen molar-refractivity contribution in [2.75, 3.05) is 13.2 Å². The highest BCUT2D eigenvalue weighted by Crippen LogP contribution is 2.32. The number of rotatable bonds is 2. The zero-order chi connectivity index (χ0) is 11.5. The van der Waals surface area contributed by atoms with Crippen LogP contribution in [-0.4, -0.2) is 19.2 Å². The largest absolute Gasteiger partial charge is 0.464 e. The smallest absolute Gasteiger partial charge is 0.339 e. The Labute approximate surface area is 103 Å². The van der Waals surface area contributed by atoms with Gasteiger partial charge in [-0.2, -0.15) is 0 Å². The molecule has 1 aliphatic rings. The van der Waals surface area contributed by atoms with Crippen LogP contribution >= 0.6 is 15.9 Å². The fraction of sp³-hybridized carbons (Fsp3) is 0.417. The summed E-state index contributed by atoms with van der Waals surface area (Å²) >= 11 is 3.49. The van der Waals surface area contributed by atoms with Gasteiger partial charge in [-0.15, -0.1) is 0 Å². The Morgan fingerprint density at radius 2 is 2.44 bits per heavy atom. The summed E-state index contributed by atoms with van der Waals surface area (Å²) in [6.45, 7) is 2.73. The predicted molar refractivity (Wildman–Crippen MR) is 63.2 cm³/mol. The molecule has 1 aromatic carbocycles. The summed E-state index contributed by atoms with van der Waals surface area (Å²) < 4.78 is 11.5. The van der Waals surface area contributed by atoms with Gasteiger partial charge in [-0.05, 0) is 30.5 Å². The van der Waals surface area contributed by atoms with E-state index in [2.05, 4.69) is 15.9 Å². The minimum absolute atomic E-state index is 0.304. The van der Waals surface area contributed by atoms with E-state index in [1.807, 2.05) is 18.2 Å². The van der Waals surface area contributed by atoms with Gasteiger partial charge in [-0.1, -0.05) is 28.1 Å². The Morgan fingerprint density at radius 1 is 1.62 bits per heavy atom. The predicted octanol–water partition coefficient (Wildman–Crippen LogP) is 2.63. The SMILES string of the molecule is CCOC(=O)[C@@H]1OCCc2c(Br)cccc21. The molecule has 86 valence electrons. The molecule has 1 aromatic rings. The normalized spacial score (nSPS) is 19.0. The van der Waals surface area contributed by atoms with Crippen molar-refractivity contribution in [3.05, 3.63) is 33.8 Å². The second-order valence-corrected chi connectivity index (χ2v) is 4.41. The zero-order valence-corrected chi connectivity index (χ0v) is 10.6. The topological polar surface area (TPSA) is 35.5 Å². The molecule has 16 heavy (non-hydrogen) atoms. The second-order valence-electron chi connectivity index (χ2n) is 3.56. The average molecular weight is 285 g/mol. The van der Waals surface area contributed by atoms with Gasteiger partial charge in [-0.25, -0.2) is 4.79 Å². The van der Waals surface area contributed by atoms with Crippen LogP contribution in [0.25, 0.3) is 0 Å². The van der Waals surface area contributed by atoms with Gasteiger partial charge in [0.2, 0.25) is 0 Å². The zero-order valence-electron chi connectivity index (χ0n) is 9.03. The molecule has 0 amide bonds. The molecule has 4 heteroatoms. The molecule has 0 fully saturated rings. The van der Waals surface area contributed by atoms with E-state index < -0.39 is 6.10 Å². The van der Waals surface area contributed by atoms with Gasteiger partial charge in [0.15, 0.2) is 6.10 Å². The van der Waals surface area contributed by atoms with Gasteiger partial charge >= 0.3 is 5.97 Å². The quantitative estimate of drug-likeness (QED) is 0.784. The van der Waals surface area contributed by atoms with Crippen LogP contribution in [0.2, 0.25) is 0 Å². The number of carbonyl (C=O) groups excluding carboxylic acids is 1. The molecule has 0 unspecified atom stereocenters. The van der Waals surface area contributed by atoms with Crippen molar-refractivity contribution in [2.24, 2.45) is 0 Å². The number of hydrogen-bond donors (Lipinski definition) is 0. The lowest BCUT2D eigenvalue weighted by molar-refractivity contribution is -0.158. The summed E-state index contributed by atoms with van der Waals surface area (Å²) in [4.78, 5) is 11.7. The highest BCUT2D eigenvalue weighted by molar-refractivity contribution is 9.10. The molecule has 0 bridgehead atoms. The van der Waals surface area contributed by atoms with E-state index in [0.717, 1.165) is 22.0 Å². The van der Waals surface area contributed by atoms with Gasteiger partial charge in [0, 0.05) is 4.47 Å². The molecule has 0 aromatic heterocycles. The van der Waals surface area contributed by atoms with Crippen LogP contribution in [0.3, 0.4) is 0 Å². The Bertz CT molecular complexity index is 403. The number of fused-ring (bicyclic) bond motifs is 1. The number of hydrogen-bond acceptors (Lipinski definition) is 3. The first-order chi connectivity index (χ1) is 7.74. The molecular weight excluding hydrogens is 272 g/mol. The third-order valence-electron chi connectivity index (χ3n) is 2.57. The van der Waals surface area contributed by atoms with Crippen molar-refractivity contribution in [3.63, 3.8) is 0 Å². The van der Waals surface area contributed by atoms with Crippen molar-refractivity contribution in [3.8, 4) is 0 Å². The van der Waals surface area contributed by atoms with Crippen molar-refractivity contribution < 1.29 is 14.3 Å². The van der Waals surface area contributed by atoms with Crippen molar-refractivity contribution in [1.82, 2.24) is 0 Å². The highest BCUT2D eigenvalue weighted by atomic mass is 79.9. The number of halogens is 1. The summed E-state index contributed by atoms with van der Waals surface area (Å²) in [7, 11) is 0. The van der Waals surface area contributed by atoms with Crippen molar-refractivity contribution in [2.45, 2.75) is 19.4 Å². The lowest BCUT2D eigenvalue weighted by atomic mass is 9.98. The number of benzene rings is 1. The highest BCUT2D eigenvalue weighted by Gasteiger charge is 2.29. The summed E-state index contributed by atoms with van der Waals surface area (Å²) in [6, 6.07) is 5.80. The number of ether oxygens (including phenoxy) is 2. The second kappa shape index (κ2) is 4.97. The lowest BCUT2D eigenvalue weighted by Crippen LogP contribution is -2.25. The molecule has 2 rings (SSSR count). The standard InChI is InChI=1S/C12H13BrO3/c1-2-15-12(14)11-9-4-3-5-10(13)8(9)6-7-16-11/h3-5,11H,2,6-7H2,1H3/t11-/m1/s1. The first-order valence-corrected chi connectivity index (χ1v) is 6.09. The molecule has 1 aliphatic heterocycles.